The largest absolute Gasteiger partial charge is 0.356 e. The van der Waals surface area contributed by atoms with E-state index in [0.29, 0.717) is 17.7 Å². The van der Waals surface area contributed by atoms with Crippen LogP contribution in [0.3, 0.4) is 0 Å². The first-order valence-electron chi connectivity index (χ1n) is 13.6. The number of benzodiazepines with no additional fused rings is 1. The number of aromatic amines is 1. The number of anilines is 2. The fraction of sp³-hybridized carbons (Fsp3) is 0.345. The van der Waals surface area contributed by atoms with Crippen LogP contribution in [-0.2, 0) is 4.79 Å². The Balaban J connectivity index is 1.27. The molecule has 1 saturated carbocycles. The summed E-state index contributed by atoms with van der Waals surface area (Å²) in [5, 5.41) is 12.0. The lowest BCUT2D eigenvalue weighted by Gasteiger charge is -2.27. The Morgan fingerprint density at radius 3 is 2.32 bits per heavy atom. The van der Waals surface area contributed by atoms with E-state index in [1.54, 1.807) is 31.3 Å². The molecule has 3 aliphatic heterocycles. The van der Waals surface area contributed by atoms with E-state index in [4.69, 9.17) is 28.2 Å². The van der Waals surface area contributed by atoms with E-state index in [-0.39, 0.29) is 33.0 Å². The third-order valence-corrected chi connectivity index (χ3v) is 8.79. The van der Waals surface area contributed by atoms with Crippen LogP contribution < -0.4 is 15.5 Å². The van der Waals surface area contributed by atoms with Crippen LogP contribution in [-0.4, -0.2) is 65.0 Å². The fourth-order valence-corrected chi connectivity index (χ4v) is 6.34. The van der Waals surface area contributed by atoms with E-state index in [1.165, 1.54) is 30.6 Å². The number of aromatic nitrogens is 2. The van der Waals surface area contributed by atoms with Crippen molar-refractivity contribution in [3.05, 3.63) is 75.4 Å². The van der Waals surface area contributed by atoms with Crippen LogP contribution in [0.2, 0.25) is 10.0 Å². The number of benzene rings is 2. The molecular formula is C29H29Cl2N7O3. The minimum atomic E-state index is -1.20. The van der Waals surface area contributed by atoms with Gasteiger partial charge in [-0.1, -0.05) is 47.5 Å². The quantitative estimate of drug-likeness (QED) is 0.409. The molecule has 2 bridgehead atoms. The molecule has 2 saturated heterocycles. The minimum absolute atomic E-state index is 0.0392. The van der Waals surface area contributed by atoms with Crippen molar-refractivity contribution in [1.82, 2.24) is 20.4 Å². The van der Waals surface area contributed by atoms with Gasteiger partial charge in [-0.05, 0) is 61.8 Å². The topological polar surface area (TPSA) is 123 Å². The highest BCUT2D eigenvalue weighted by Crippen LogP contribution is 2.36. The van der Waals surface area contributed by atoms with Gasteiger partial charge in [-0.25, -0.2) is 4.99 Å². The SMILES string of the molecule is CN1C(=O)[C@@H](NC(=O)c2[nH]nc(NC(=O)c3ccccc3Cl)c2Cl)N=C(N2CC3CCC(CC3)C2)c2ccccc21. The van der Waals surface area contributed by atoms with Crippen LogP contribution in [0.25, 0.3) is 0 Å². The number of halogens is 2. The van der Waals surface area contributed by atoms with Crippen molar-refractivity contribution in [3.8, 4) is 0 Å². The second kappa shape index (κ2) is 11.2. The van der Waals surface area contributed by atoms with E-state index in [0.717, 1.165) is 24.3 Å². The van der Waals surface area contributed by atoms with Gasteiger partial charge in [-0.15, -0.1) is 0 Å². The Bertz CT molecular complexity index is 1530. The summed E-state index contributed by atoms with van der Waals surface area (Å²) in [7, 11) is 1.68. The number of hydrogen-bond donors (Lipinski definition) is 3. The second-order valence-corrected chi connectivity index (χ2v) is 11.5. The number of likely N-dealkylation sites (N-methyl/N-ethyl adjacent to an activating group) is 1. The summed E-state index contributed by atoms with van der Waals surface area (Å²) >= 11 is 12.6. The molecule has 4 aliphatic rings. The highest BCUT2D eigenvalue weighted by atomic mass is 35.5. The number of amidine groups is 1. The summed E-state index contributed by atoms with van der Waals surface area (Å²) in [5.41, 5.74) is 1.71. The van der Waals surface area contributed by atoms with Gasteiger partial charge in [0.15, 0.2) is 5.82 Å². The molecule has 0 unspecified atom stereocenters. The Morgan fingerprint density at radius 1 is 0.951 bits per heavy atom. The van der Waals surface area contributed by atoms with Gasteiger partial charge in [0.25, 0.3) is 17.7 Å². The lowest BCUT2D eigenvalue weighted by atomic mass is 9.84. The number of hydrogen-bond acceptors (Lipinski definition) is 6. The Morgan fingerprint density at radius 2 is 1.61 bits per heavy atom. The third-order valence-electron chi connectivity index (χ3n) is 8.10. The number of nitrogens with zero attached hydrogens (tertiary/aromatic N) is 4. The Labute approximate surface area is 247 Å². The molecule has 1 aliphatic carbocycles. The van der Waals surface area contributed by atoms with Crippen molar-refractivity contribution >= 4 is 58.3 Å². The summed E-state index contributed by atoms with van der Waals surface area (Å²) in [6.07, 6.45) is 3.59. The fourth-order valence-electron chi connectivity index (χ4n) is 5.90. The Hall–Kier alpha value is -3.89. The zero-order valence-electron chi connectivity index (χ0n) is 22.4. The van der Waals surface area contributed by atoms with Crippen molar-refractivity contribution in [3.63, 3.8) is 0 Å². The predicted octanol–water partition coefficient (Wildman–Crippen LogP) is 4.57. The molecule has 4 heterocycles. The average molecular weight is 595 g/mol. The molecule has 3 amide bonds. The van der Waals surface area contributed by atoms with Gasteiger partial charge in [0, 0.05) is 25.7 Å². The lowest BCUT2D eigenvalue weighted by Crippen LogP contribution is -2.46. The third kappa shape index (κ3) is 5.29. The van der Waals surface area contributed by atoms with E-state index in [1.807, 2.05) is 24.3 Å². The monoisotopic (exact) mass is 593 g/mol. The standard InChI is InChI=1S/C29H29Cl2N7O3/c1-37-21-9-5-3-7-19(21)26(38-14-16-10-11-17(15-38)13-12-16)32-25(29(37)41)34-28(40)23-22(31)24(36-35-23)33-27(39)18-6-2-4-8-20(18)30/h2-9,16-17,25H,10-15H2,1H3,(H,34,40)(H2,33,35,36,39)/t16?,17?,25-/m1/s1. The molecule has 3 fully saturated rings. The van der Waals surface area contributed by atoms with Crippen molar-refractivity contribution in [2.45, 2.75) is 31.8 Å². The number of rotatable bonds is 4. The van der Waals surface area contributed by atoms with Crippen molar-refractivity contribution in [2.75, 3.05) is 30.4 Å². The molecule has 12 heteroatoms. The molecule has 212 valence electrons. The number of para-hydroxylation sites is 1. The molecule has 3 aromatic rings. The summed E-state index contributed by atoms with van der Waals surface area (Å²) in [6, 6.07) is 14.2. The van der Waals surface area contributed by atoms with Crippen LogP contribution in [0.4, 0.5) is 11.5 Å². The molecule has 2 aromatic carbocycles. The minimum Gasteiger partial charge on any atom is -0.356 e. The normalized spacial score (nSPS) is 22.0. The number of carbonyl (C=O) groups is 3. The van der Waals surface area contributed by atoms with E-state index in [9.17, 15) is 14.4 Å². The molecule has 0 radical (unpaired) electrons. The number of fused-ring (bicyclic) bond motifs is 5. The average Bonchev–Trinajstić information content (AvgIpc) is 3.11. The summed E-state index contributed by atoms with van der Waals surface area (Å²) in [4.78, 5) is 48.3. The molecule has 3 N–H and O–H groups in total. The van der Waals surface area contributed by atoms with E-state index < -0.39 is 18.0 Å². The number of H-pyrrole nitrogens is 1. The van der Waals surface area contributed by atoms with Gasteiger partial charge in [0.2, 0.25) is 6.17 Å². The van der Waals surface area contributed by atoms with Crippen molar-refractivity contribution < 1.29 is 14.4 Å². The summed E-state index contributed by atoms with van der Waals surface area (Å²) in [5.74, 6) is 0.218. The maximum atomic E-state index is 13.6. The summed E-state index contributed by atoms with van der Waals surface area (Å²) < 4.78 is 0. The molecule has 10 nitrogen and oxygen atoms in total. The number of amides is 3. The molecular weight excluding hydrogens is 565 g/mol. The smallest absolute Gasteiger partial charge is 0.272 e. The first-order valence-corrected chi connectivity index (χ1v) is 14.4. The van der Waals surface area contributed by atoms with Crippen LogP contribution in [0.1, 0.15) is 52.1 Å². The first kappa shape index (κ1) is 27.3. The number of nitrogens with one attached hydrogen (secondary N) is 3. The maximum Gasteiger partial charge on any atom is 0.272 e. The van der Waals surface area contributed by atoms with Gasteiger partial charge in [0.1, 0.15) is 16.6 Å². The van der Waals surface area contributed by atoms with Gasteiger partial charge in [-0.2, -0.15) is 5.10 Å². The van der Waals surface area contributed by atoms with Crippen LogP contribution in [0, 0.1) is 11.8 Å². The molecule has 1 aromatic heterocycles. The summed E-state index contributed by atoms with van der Waals surface area (Å²) in [6.45, 7) is 1.73. The molecule has 41 heavy (non-hydrogen) atoms. The zero-order valence-corrected chi connectivity index (χ0v) is 23.9. The van der Waals surface area contributed by atoms with Crippen molar-refractivity contribution in [1.29, 1.82) is 0 Å². The van der Waals surface area contributed by atoms with Gasteiger partial charge in [-0.3, -0.25) is 19.5 Å². The van der Waals surface area contributed by atoms with Gasteiger partial charge in [0.05, 0.1) is 16.3 Å². The zero-order chi connectivity index (χ0) is 28.7. The highest BCUT2D eigenvalue weighted by molar-refractivity contribution is 6.37. The van der Waals surface area contributed by atoms with E-state index >= 15 is 0 Å². The second-order valence-electron chi connectivity index (χ2n) is 10.7. The molecule has 1 atom stereocenters. The van der Waals surface area contributed by atoms with Crippen molar-refractivity contribution in [2.24, 2.45) is 16.8 Å². The van der Waals surface area contributed by atoms with Crippen LogP contribution in [0.15, 0.2) is 53.5 Å². The highest BCUT2D eigenvalue weighted by Gasteiger charge is 2.37. The first-order chi connectivity index (χ1) is 19.8. The van der Waals surface area contributed by atoms with Gasteiger partial charge >= 0.3 is 0 Å². The molecule has 0 spiro atoms. The lowest BCUT2D eigenvalue weighted by molar-refractivity contribution is -0.119. The number of aliphatic imine (C=N–C) groups is 1. The van der Waals surface area contributed by atoms with Crippen LogP contribution >= 0.6 is 23.2 Å². The van der Waals surface area contributed by atoms with E-state index in [2.05, 4.69) is 25.7 Å². The van der Waals surface area contributed by atoms with Crippen LogP contribution in [0.5, 0.6) is 0 Å². The molecule has 7 rings (SSSR count). The Kier molecular flexibility index (Phi) is 7.44. The van der Waals surface area contributed by atoms with Gasteiger partial charge < -0.3 is 20.4 Å². The maximum absolute atomic E-state index is 13.6. The number of carbonyl (C=O) groups excluding carboxylic acids is 3. The predicted molar refractivity (Wildman–Crippen MR) is 158 cm³/mol.